The Balaban J connectivity index is 1.44. The van der Waals surface area contributed by atoms with Crippen LogP contribution in [0, 0.1) is 13.8 Å². The van der Waals surface area contributed by atoms with Crippen molar-refractivity contribution in [3.05, 3.63) is 101 Å². The molecule has 0 spiro atoms. The van der Waals surface area contributed by atoms with E-state index in [0.29, 0.717) is 16.3 Å². The van der Waals surface area contributed by atoms with Gasteiger partial charge in [0.25, 0.3) is 5.91 Å². The number of thioether (sulfide) groups is 1. The quantitative estimate of drug-likeness (QED) is 0.348. The fourth-order valence-corrected chi connectivity index (χ4v) is 4.62. The van der Waals surface area contributed by atoms with Gasteiger partial charge in [-0.25, -0.2) is 4.98 Å². The summed E-state index contributed by atoms with van der Waals surface area (Å²) in [7, 11) is 0. The van der Waals surface area contributed by atoms with E-state index in [2.05, 4.69) is 51.9 Å². The number of carbonyl (C=O) groups excluding carboxylic acids is 1. The van der Waals surface area contributed by atoms with E-state index in [-0.39, 0.29) is 11.9 Å². The highest BCUT2D eigenvalue weighted by molar-refractivity contribution is 7.98. The molecule has 4 rings (SSSR count). The molecule has 0 fully saturated rings. The maximum absolute atomic E-state index is 13.0. The highest BCUT2D eigenvalue weighted by Gasteiger charge is 2.17. The van der Waals surface area contributed by atoms with Crippen LogP contribution >= 0.6 is 11.8 Å². The lowest BCUT2D eigenvalue weighted by Crippen LogP contribution is -2.27. The standard InChI is InChI=1S/C26H25N3O2S/c1-17(20-11-13-22(14-12-20)21-8-5-4-6-9-21)28-25(30)23-10-7-15-27-26(23)32-16-24-18(2)29-31-19(24)3/h4-15,17H,16H2,1-3H3,(H,28,30)/t17-/m1/s1. The molecule has 4 aromatic rings. The average Bonchev–Trinajstić information content (AvgIpc) is 3.15. The summed E-state index contributed by atoms with van der Waals surface area (Å²) >= 11 is 1.51. The van der Waals surface area contributed by atoms with E-state index in [1.165, 1.54) is 17.3 Å². The molecule has 0 unspecified atom stereocenters. The molecule has 5 nitrogen and oxygen atoms in total. The summed E-state index contributed by atoms with van der Waals surface area (Å²) in [6, 6.07) is 22.0. The zero-order chi connectivity index (χ0) is 22.5. The third-order valence-corrected chi connectivity index (χ3v) is 6.45. The molecular formula is C26H25N3O2S. The Labute approximate surface area is 192 Å². The average molecular weight is 444 g/mol. The smallest absolute Gasteiger partial charge is 0.254 e. The van der Waals surface area contributed by atoms with Crippen LogP contribution in [0.3, 0.4) is 0 Å². The second-order valence-electron chi connectivity index (χ2n) is 7.63. The number of pyridine rings is 1. The molecule has 0 saturated carbocycles. The molecule has 0 aliphatic heterocycles. The van der Waals surface area contributed by atoms with E-state index in [4.69, 9.17) is 4.52 Å². The van der Waals surface area contributed by atoms with Gasteiger partial charge in [0.05, 0.1) is 17.3 Å². The van der Waals surface area contributed by atoms with Crippen molar-refractivity contribution in [2.24, 2.45) is 0 Å². The lowest BCUT2D eigenvalue weighted by molar-refractivity contribution is 0.0936. The summed E-state index contributed by atoms with van der Waals surface area (Å²) in [5.41, 5.74) is 5.84. The number of amides is 1. The summed E-state index contributed by atoms with van der Waals surface area (Å²) in [5, 5.41) is 7.79. The van der Waals surface area contributed by atoms with Crippen molar-refractivity contribution in [2.75, 3.05) is 0 Å². The van der Waals surface area contributed by atoms with E-state index < -0.39 is 0 Å². The molecule has 6 heteroatoms. The van der Waals surface area contributed by atoms with Crippen molar-refractivity contribution in [3.8, 4) is 11.1 Å². The lowest BCUT2D eigenvalue weighted by Gasteiger charge is -2.16. The molecule has 1 N–H and O–H groups in total. The van der Waals surface area contributed by atoms with Gasteiger partial charge in [0.1, 0.15) is 10.8 Å². The second-order valence-corrected chi connectivity index (χ2v) is 8.59. The predicted octanol–water partition coefficient (Wildman–Crippen LogP) is 6.14. The minimum Gasteiger partial charge on any atom is -0.361 e. The number of nitrogens with one attached hydrogen (secondary N) is 1. The first-order chi connectivity index (χ1) is 15.5. The van der Waals surface area contributed by atoms with Crippen LogP contribution in [0.15, 0.2) is 82.5 Å². The molecule has 1 amide bonds. The van der Waals surface area contributed by atoms with Crippen molar-refractivity contribution in [1.82, 2.24) is 15.5 Å². The van der Waals surface area contributed by atoms with Crippen LogP contribution in [0.5, 0.6) is 0 Å². The number of rotatable bonds is 7. The number of nitrogens with zero attached hydrogens (tertiary/aromatic N) is 2. The monoisotopic (exact) mass is 443 g/mol. The number of hydrogen-bond donors (Lipinski definition) is 1. The largest absolute Gasteiger partial charge is 0.361 e. The van der Waals surface area contributed by atoms with Gasteiger partial charge in [-0.1, -0.05) is 59.8 Å². The second kappa shape index (κ2) is 9.83. The molecule has 0 saturated heterocycles. The molecule has 2 aromatic heterocycles. The van der Waals surface area contributed by atoms with Gasteiger partial charge < -0.3 is 9.84 Å². The Morgan fingerprint density at radius 1 is 1.00 bits per heavy atom. The van der Waals surface area contributed by atoms with Crippen LogP contribution < -0.4 is 5.32 Å². The highest BCUT2D eigenvalue weighted by Crippen LogP contribution is 2.28. The van der Waals surface area contributed by atoms with Crippen molar-refractivity contribution >= 4 is 17.7 Å². The summed E-state index contributed by atoms with van der Waals surface area (Å²) in [5.74, 6) is 1.30. The zero-order valence-corrected chi connectivity index (χ0v) is 19.1. The molecular weight excluding hydrogens is 418 g/mol. The summed E-state index contributed by atoms with van der Waals surface area (Å²) in [4.78, 5) is 17.5. The van der Waals surface area contributed by atoms with Gasteiger partial charge in [0.2, 0.25) is 0 Å². The van der Waals surface area contributed by atoms with E-state index >= 15 is 0 Å². The topological polar surface area (TPSA) is 68.0 Å². The molecule has 0 radical (unpaired) electrons. The lowest BCUT2D eigenvalue weighted by atomic mass is 10.0. The van der Waals surface area contributed by atoms with E-state index in [9.17, 15) is 4.79 Å². The Morgan fingerprint density at radius 3 is 2.41 bits per heavy atom. The van der Waals surface area contributed by atoms with Crippen LogP contribution in [-0.4, -0.2) is 16.0 Å². The van der Waals surface area contributed by atoms with E-state index in [1.807, 2.05) is 45.0 Å². The first-order valence-corrected chi connectivity index (χ1v) is 11.5. The fourth-order valence-electron chi connectivity index (χ4n) is 3.48. The van der Waals surface area contributed by atoms with Gasteiger partial charge in [-0.15, -0.1) is 11.8 Å². The van der Waals surface area contributed by atoms with Gasteiger partial charge in [-0.05, 0) is 49.6 Å². The van der Waals surface area contributed by atoms with Gasteiger partial charge in [0.15, 0.2) is 0 Å². The van der Waals surface area contributed by atoms with Gasteiger partial charge >= 0.3 is 0 Å². The fraction of sp³-hybridized carbons (Fsp3) is 0.192. The zero-order valence-electron chi connectivity index (χ0n) is 18.3. The predicted molar refractivity (Wildman–Crippen MR) is 128 cm³/mol. The third kappa shape index (κ3) is 4.92. The SMILES string of the molecule is Cc1noc(C)c1CSc1ncccc1C(=O)N[C@H](C)c1ccc(-c2ccccc2)cc1. The molecule has 162 valence electrons. The van der Waals surface area contributed by atoms with Crippen LogP contribution in [0.4, 0.5) is 0 Å². The Morgan fingerprint density at radius 2 is 1.72 bits per heavy atom. The van der Waals surface area contributed by atoms with Crippen LogP contribution in [0.1, 0.15) is 45.9 Å². The minimum absolute atomic E-state index is 0.132. The van der Waals surface area contributed by atoms with E-state index in [1.54, 1.807) is 12.3 Å². The molecule has 0 aliphatic rings. The molecule has 2 heterocycles. The summed E-state index contributed by atoms with van der Waals surface area (Å²) < 4.78 is 5.24. The molecule has 0 bridgehead atoms. The summed E-state index contributed by atoms with van der Waals surface area (Å²) in [6.45, 7) is 5.80. The number of carbonyl (C=O) groups is 1. The van der Waals surface area contributed by atoms with Crippen LogP contribution in [-0.2, 0) is 5.75 Å². The van der Waals surface area contributed by atoms with Crippen molar-refractivity contribution in [2.45, 2.75) is 37.6 Å². The normalized spacial score (nSPS) is 11.8. The summed E-state index contributed by atoms with van der Waals surface area (Å²) in [6.07, 6.45) is 1.71. The van der Waals surface area contributed by atoms with Crippen LogP contribution in [0.25, 0.3) is 11.1 Å². The van der Waals surface area contributed by atoms with Crippen molar-refractivity contribution in [1.29, 1.82) is 0 Å². The minimum atomic E-state index is -0.140. The molecule has 32 heavy (non-hydrogen) atoms. The first-order valence-electron chi connectivity index (χ1n) is 10.5. The molecule has 2 aromatic carbocycles. The molecule has 0 aliphatic carbocycles. The molecule has 1 atom stereocenters. The Kier molecular flexibility index (Phi) is 6.71. The number of aromatic nitrogens is 2. The highest BCUT2D eigenvalue weighted by atomic mass is 32.2. The van der Waals surface area contributed by atoms with Gasteiger partial charge in [-0.3, -0.25) is 4.79 Å². The Hall–Kier alpha value is -3.38. The number of benzene rings is 2. The van der Waals surface area contributed by atoms with Crippen LogP contribution in [0.2, 0.25) is 0 Å². The Bertz CT molecular complexity index is 1180. The van der Waals surface area contributed by atoms with Gasteiger partial charge in [-0.2, -0.15) is 0 Å². The van der Waals surface area contributed by atoms with Crippen molar-refractivity contribution in [3.63, 3.8) is 0 Å². The van der Waals surface area contributed by atoms with E-state index in [0.717, 1.165) is 28.1 Å². The maximum Gasteiger partial charge on any atom is 0.254 e. The number of hydrogen-bond acceptors (Lipinski definition) is 5. The van der Waals surface area contributed by atoms with Gasteiger partial charge in [0, 0.05) is 17.5 Å². The number of aryl methyl sites for hydroxylation is 2. The van der Waals surface area contributed by atoms with Crippen molar-refractivity contribution < 1.29 is 9.32 Å². The first kappa shape index (κ1) is 21.8. The third-order valence-electron chi connectivity index (χ3n) is 5.42. The maximum atomic E-state index is 13.0.